The second kappa shape index (κ2) is 7.64. The van der Waals surface area contributed by atoms with Crippen molar-refractivity contribution in [3.8, 4) is 5.75 Å². The minimum Gasteiger partial charge on any atom is -0.489 e. The van der Waals surface area contributed by atoms with Crippen LogP contribution in [0.2, 0.25) is 0 Å². The van der Waals surface area contributed by atoms with Gasteiger partial charge in [0.2, 0.25) is 0 Å². The Morgan fingerprint density at radius 1 is 1.15 bits per heavy atom. The molecule has 0 amide bonds. The van der Waals surface area contributed by atoms with E-state index in [1.54, 1.807) is 0 Å². The Morgan fingerprint density at radius 3 is 2.60 bits per heavy atom. The van der Waals surface area contributed by atoms with Gasteiger partial charge >= 0.3 is 0 Å². The third kappa shape index (κ3) is 4.49. The van der Waals surface area contributed by atoms with Crippen LogP contribution in [0.25, 0.3) is 0 Å². The largest absolute Gasteiger partial charge is 0.489 e. The standard InChI is InChI=1S/C17H20INO/c1-3-19-13(2)15-5-4-6-17(11-15)20-12-14-7-9-16(18)10-8-14/h4-11,13,19H,3,12H2,1-2H3. The van der Waals surface area contributed by atoms with Gasteiger partial charge in [-0.2, -0.15) is 0 Å². The van der Waals surface area contributed by atoms with Crippen molar-refractivity contribution in [3.63, 3.8) is 0 Å². The molecule has 0 aromatic heterocycles. The van der Waals surface area contributed by atoms with Crippen LogP contribution in [0.15, 0.2) is 48.5 Å². The van der Waals surface area contributed by atoms with E-state index >= 15 is 0 Å². The van der Waals surface area contributed by atoms with Gasteiger partial charge in [-0.05, 0) is 71.5 Å². The van der Waals surface area contributed by atoms with E-state index in [9.17, 15) is 0 Å². The van der Waals surface area contributed by atoms with Crippen molar-refractivity contribution in [2.45, 2.75) is 26.5 Å². The lowest BCUT2D eigenvalue weighted by Crippen LogP contribution is -2.17. The van der Waals surface area contributed by atoms with Crippen LogP contribution in [0.3, 0.4) is 0 Å². The maximum atomic E-state index is 5.87. The number of halogens is 1. The first-order chi connectivity index (χ1) is 9.69. The van der Waals surface area contributed by atoms with Gasteiger partial charge in [0.25, 0.3) is 0 Å². The number of hydrogen-bond donors (Lipinski definition) is 1. The molecule has 0 fully saturated rings. The zero-order valence-electron chi connectivity index (χ0n) is 11.9. The molecule has 0 saturated carbocycles. The molecule has 2 rings (SSSR count). The van der Waals surface area contributed by atoms with Crippen molar-refractivity contribution in [2.75, 3.05) is 6.54 Å². The first-order valence-corrected chi connectivity index (χ1v) is 7.97. The minimum atomic E-state index is 0.349. The molecule has 3 heteroatoms. The van der Waals surface area contributed by atoms with Crippen molar-refractivity contribution in [1.82, 2.24) is 5.32 Å². The number of nitrogens with one attached hydrogen (secondary N) is 1. The lowest BCUT2D eigenvalue weighted by atomic mass is 10.1. The van der Waals surface area contributed by atoms with Crippen LogP contribution in [0, 0.1) is 3.57 Å². The Hall–Kier alpha value is -1.07. The van der Waals surface area contributed by atoms with E-state index in [0.717, 1.165) is 12.3 Å². The molecular weight excluding hydrogens is 361 g/mol. The molecular formula is C17H20INO. The van der Waals surface area contributed by atoms with Crippen molar-refractivity contribution < 1.29 is 4.74 Å². The molecule has 2 aromatic carbocycles. The molecule has 0 bridgehead atoms. The van der Waals surface area contributed by atoms with E-state index in [1.807, 2.05) is 12.1 Å². The summed E-state index contributed by atoms with van der Waals surface area (Å²) in [5.74, 6) is 0.922. The summed E-state index contributed by atoms with van der Waals surface area (Å²) in [7, 11) is 0. The summed E-state index contributed by atoms with van der Waals surface area (Å²) in [6.45, 7) is 5.86. The van der Waals surface area contributed by atoms with Gasteiger partial charge in [-0.25, -0.2) is 0 Å². The van der Waals surface area contributed by atoms with E-state index in [0.29, 0.717) is 12.6 Å². The molecule has 1 N–H and O–H groups in total. The average Bonchev–Trinajstić information content (AvgIpc) is 2.47. The fourth-order valence-electron chi connectivity index (χ4n) is 2.05. The van der Waals surface area contributed by atoms with Crippen molar-refractivity contribution in [1.29, 1.82) is 0 Å². The van der Waals surface area contributed by atoms with Gasteiger partial charge in [-0.1, -0.05) is 31.2 Å². The number of rotatable bonds is 6. The van der Waals surface area contributed by atoms with Crippen LogP contribution >= 0.6 is 22.6 Å². The molecule has 0 radical (unpaired) electrons. The maximum Gasteiger partial charge on any atom is 0.120 e. The van der Waals surface area contributed by atoms with Crippen LogP contribution in [0.5, 0.6) is 5.75 Å². The van der Waals surface area contributed by atoms with Gasteiger partial charge in [-0.3, -0.25) is 0 Å². The Balaban J connectivity index is 1.99. The fraction of sp³-hybridized carbons (Fsp3) is 0.294. The third-order valence-corrected chi connectivity index (χ3v) is 3.91. The summed E-state index contributed by atoms with van der Waals surface area (Å²) in [6, 6.07) is 17.1. The Morgan fingerprint density at radius 2 is 1.90 bits per heavy atom. The van der Waals surface area contributed by atoms with Crippen molar-refractivity contribution >= 4 is 22.6 Å². The molecule has 1 atom stereocenters. The summed E-state index contributed by atoms with van der Waals surface area (Å²) in [4.78, 5) is 0. The first kappa shape index (κ1) is 15.3. The van der Waals surface area contributed by atoms with Crippen LogP contribution in [0.1, 0.15) is 31.0 Å². The van der Waals surface area contributed by atoms with Crippen molar-refractivity contribution in [2.24, 2.45) is 0 Å². The second-order valence-electron chi connectivity index (χ2n) is 4.77. The zero-order chi connectivity index (χ0) is 14.4. The predicted octanol–water partition coefficient (Wildman–Crippen LogP) is 4.54. The van der Waals surface area contributed by atoms with E-state index < -0.39 is 0 Å². The normalized spacial score (nSPS) is 12.2. The predicted molar refractivity (Wildman–Crippen MR) is 92.0 cm³/mol. The van der Waals surface area contributed by atoms with Crippen LogP contribution in [-0.2, 0) is 6.61 Å². The molecule has 2 nitrogen and oxygen atoms in total. The molecule has 0 heterocycles. The van der Waals surface area contributed by atoms with Crippen LogP contribution in [0.4, 0.5) is 0 Å². The smallest absolute Gasteiger partial charge is 0.120 e. The maximum absolute atomic E-state index is 5.87. The molecule has 20 heavy (non-hydrogen) atoms. The monoisotopic (exact) mass is 381 g/mol. The molecule has 1 unspecified atom stereocenters. The Bertz CT molecular complexity index is 539. The molecule has 0 saturated heterocycles. The molecule has 0 spiro atoms. The number of ether oxygens (including phenoxy) is 1. The van der Waals surface area contributed by atoms with Crippen LogP contribution < -0.4 is 10.1 Å². The first-order valence-electron chi connectivity index (χ1n) is 6.89. The molecule has 2 aromatic rings. The lowest BCUT2D eigenvalue weighted by Gasteiger charge is -2.14. The van der Waals surface area contributed by atoms with Gasteiger partial charge in [0.1, 0.15) is 12.4 Å². The van der Waals surface area contributed by atoms with E-state index in [4.69, 9.17) is 4.74 Å². The SMILES string of the molecule is CCNC(C)c1cccc(OCc2ccc(I)cc2)c1. The van der Waals surface area contributed by atoms with E-state index in [-0.39, 0.29) is 0 Å². The number of hydrogen-bond acceptors (Lipinski definition) is 2. The van der Waals surface area contributed by atoms with Gasteiger partial charge in [0.05, 0.1) is 0 Å². The summed E-state index contributed by atoms with van der Waals surface area (Å²) in [5.41, 5.74) is 2.45. The summed E-state index contributed by atoms with van der Waals surface area (Å²) in [5, 5.41) is 3.41. The molecule has 0 aliphatic carbocycles. The molecule has 0 aliphatic heterocycles. The highest BCUT2D eigenvalue weighted by Crippen LogP contribution is 2.20. The topological polar surface area (TPSA) is 21.3 Å². The molecule has 106 valence electrons. The highest BCUT2D eigenvalue weighted by Gasteiger charge is 2.05. The van der Waals surface area contributed by atoms with Gasteiger partial charge < -0.3 is 10.1 Å². The van der Waals surface area contributed by atoms with Gasteiger partial charge in [0.15, 0.2) is 0 Å². The second-order valence-corrected chi connectivity index (χ2v) is 6.01. The van der Waals surface area contributed by atoms with E-state index in [2.05, 4.69) is 78.2 Å². The van der Waals surface area contributed by atoms with Gasteiger partial charge in [-0.15, -0.1) is 0 Å². The van der Waals surface area contributed by atoms with E-state index in [1.165, 1.54) is 14.7 Å². The molecule has 0 aliphatic rings. The summed E-state index contributed by atoms with van der Waals surface area (Å²) >= 11 is 2.31. The highest BCUT2D eigenvalue weighted by molar-refractivity contribution is 14.1. The number of benzene rings is 2. The summed E-state index contributed by atoms with van der Waals surface area (Å²) in [6.07, 6.45) is 0. The Labute approximate surface area is 134 Å². The van der Waals surface area contributed by atoms with Crippen molar-refractivity contribution in [3.05, 3.63) is 63.2 Å². The zero-order valence-corrected chi connectivity index (χ0v) is 14.1. The minimum absolute atomic E-state index is 0.349. The third-order valence-electron chi connectivity index (χ3n) is 3.19. The average molecular weight is 381 g/mol. The fourth-order valence-corrected chi connectivity index (χ4v) is 2.40. The summed E-state index contributed by atoms with van der Waals surface area (Å²) < 4.78 is 7.11. The van der Waals surface area contributed by atoms with Crippen LogP contribution in [-0.4, -0.2) is 6.54 Å². The highest BCUT2D eigenvalue weighted by atomic mass is 127. The van der Waals surface area contributed by atoms with Gasteiger partial charge in [0, 0.05) is 9.61 Å². The lowest BCUT2D eigenvalue weighted by molar-refractivity contribution is 0.305. The Kier molecular flexibility index (Phi) is 5.86. The quantitative estimate of drug-likeness (QED) is 0.742.